The lowest BCUT2D eigenvalue weighted by atomic mass is 10.1. The van der Waals surface area contributed by atoms with Gasteiger partial charge in [0.15, 0.2) is 0 Å². The molecule has 6 heteroatoms. The van der Waals surface area contributed by atoms with E-state index in [2.05, 4.69) is 4.90 Å². The highest BCUT2D eigenvalue weighted by Crippen LogP contribution is 2.25. The molecule has 1 aliphatic rings. The molecule has 0 N–H and O–H groups in total. The number of amides is 1. The molecule has 3 rings (SSSR count). The lowest BCUT2D eigenvalue weighted by molar-refractivity contribution is 0.0747. The molecule has 2 aromatic carbocycles. The number of nitrogens with zero attached hydrogens (tertiary/aromatic N) is 2. The van der Waals surface area contributed by atoms with Crippen molar-refractivity contribution < 1.29 is 9.59 Å². The van der Waals surface area contributed by atoms with Crippen molar-refractivity contribution in [2.45, 2.75) is 0 Å². The molecular formula is C18H15Cl2N2O2. The maximum Gasteiger partial charge on any atom is 0.253 e. The summed E-state index contributed by atoms with van der Waals surface area (Å²) in [4.78, 5) is 27.5. The Morgan fingerprint density at radius 1 is 0.917 bits per heavy atom. The number of hydrogen-bond donors (Lipinski definition) is 0. The Kier molecular flexibility index (Phi) is 5.07. The van der Waals surface area contributed by atoms with Crippen LogP contribution in [0, 0.1) is 0 Å². The van der Waals surface area contributed by atoms with E-state index in [0.29, 0.717) is 47.4 Å². The van der Waals surface area contributed by atoms with Crippen LogP contribution >= 0.6 is 23.2 Å². The maximum absolute atomic E-state index is 12.5. The number of anilines is 1. The smallest absolute Gasteiger partial charge is 0.253 e. The van der Waals surface area contributed by atoms with E-state index < -0.39 is 0 Å². The van der Waals surface area contributed by atoms with Crippen molar-refractivity contribution in [2.24, 2.45) is 0 Å². The summed E-state index contributed by atoms with van der Waals surface area (Å²) >= 11 is 11.9. The van der Waals surface area contributed by atoms with E-state index in [1.54, 1.807) is 47.4 Å². The van der Waals surface area contributed by atoms with E-state index in [4.69, 9.17) is 23.2 Å². The van der Waals surface area contributed by atoms with E-state index in [1.807, 2.05) is 6.29 Å². The molecule has 0 unspecified atom stereocenters. The lowest BCUT2D eigenvalue weighted by Gasteiger charge is -2.36. The molecule has 1 aliphatic heterocycles. The number of hydrogen-bond acceptors (Lipinski definition) is 3. The van der Waals surface area contributed by atoms with Crippen LogP contribution in [0.1, 0.15) is 15.9 Å². The Labute approximate surface area is 150 Å². The highest BCUT2D eigenvalue weighted by atomic mass is 35.5. The van der Waals surface area contributed by atoms with Crippen molar-refractivity contribution in [3.63, 3.8) is 0 Å². The van der Waals surface area contributed by atoms with Crippen molar-refractivity contribution in [2.75, 3.05) is 31.1 Å². The summed E-state index contributed by atoms with van der Waals surface area (Å²) in [5.74, 6) is -0.0143. The third kappa shape index (κ3) is 3.55. The predicted octanol–water partition coefficient (Wildman–Crippen LogP) is 3.41. The molecule has 4 nitrogen and oxygen atoms in total. The highest BCUT2D eigenvalue weighted by Gasteiger charge is 2.23. The van der Waals surface area contributed by atoms with Gasteiger partial charge in [0.1, 0.15) is 0 Å². The predicted molar refractivity (Wildman–Crippen MR) is 95.8 cm³/mol. The topological polar surface area (TPSA) is 40.6 Å². The van der Waals surface area contributed by atoms with Crippen molar-refractivity contribution in [1.29, 1.82) is 0 Å². The Balaban J connectivity index is 1.70. The van der Waals surface area contributed by atoms with Gasteiger partial charge in [0.05, 0.1) is 0 Å². The Bertz CT molecular complexity index is 754. The number of benzene rings is 2. The molecule has 0 aliphatic carbocycles. The fourth-order valence-electron chi connectivity index (χ4n) is 2.78. The number of carbonyl (C=O) groups excluding carboxylic acids is 2. The maximum atomic E-state index is 12.5. The van der Waals surface area contributed by atoms with Gasteiger partial charge in [-0.15, -0.1) is 0 Å². The molecule has 0 bridgehead atoms. The molecule has 1 heterocycles. The Hall–Kier alpha value is -2.04. The molecular weight excluding hydrogens is 347 g/mol. The summed E-state index contributed by atoms with van der Waals surface area (Å²) in [6.45, 7) is 2.42. The minimum Gasteiger partial charge on any atom is -0.367 e. The van der Waals surface area contributed by atoms with E-state index >= 15 is 0 Å². The summed E-state index contributed by atoms with van der Waals surface area (Å²) in [6.07, 6.45) is 1.94. The van der Waals surface area contributed by atoms with Gasteiger partial charge in [0, 0.05) is 53.0 Å². The second kappa shape index (κ2) is 7.24. The first kappa shape index (κ1) is 16.8. The van der Waals surface area contributed by atoms with Gasteiger partial charge in [-0.2, -0.15) is 0 Å². The third-order valence-corrected chi connectivity index (χ3v) is 4.56. The monoisotopic (exact) mass is 361 g/mol. The zero-order valence-electron chi connectivity index (χ0n) is 12.8. The molecule has 2 aromatic rings. The average Bonchev–Trinajstić information content (AvgIpc) is 2.62. The minimum absolute atomic E-state index is 0.0143. The molecule has 0 spiro atoms. The molecule has 0 aromatic heterocycles. The summed E-state index contributed by atoms with van der Waals surface area (Å²) in [6, 6.07) is 12.0. The Morgan fingerprint density at radius 2 is 1.54 bits per heavy atom. The summed E-state index contributed by atoms with van der Waals surface area (Å²) in [5, 5.41) is 1.18. The van der Waals surface area contributed by atoms with Crippen molar-refractivity contribution >= 4 is 41.1 Å². The molecule has 0 atom stereocenters. The van der Waals surface area contributed by atoms with E-state index in [-0.39, 0.29) is 5.91 Å². The molecule has 123 valence electrons. The number of rotatable bonds is 3. The SMILES string of the molecule is O=[C]c1ccc(Cl)cc1N1CCN(C(=O)c2ccc(Cl)cc2)CC1. The largest absolute Gasteiger partial charge is 0.367 e. The van der Waals surface area contributed by atoms with Gasteiger partial charge in [0.25, 0.3) is 5.91 Å². The van der Waals surface area contributed by atoms with Crippen LogP contribution in [0.2, 0.25) is 10.0 Å². The normalized spacial score (nSPS) is 14.6. The van der Waals surface area contributed by atoms with Crippen molar-refractivity contribution in [1.82, 2.24) is 4.90 Å². The molecule has 1 saturated heterocycles. The van der Waals surface area contributed by atoms with E-state index in [0.717, 1.165) is 5.69 Å². The van der Waals surface area contributed by atoms with Crippen LogP contribution in [0.15, 0.2) is 42.5 Å². The van der Waals surface area contributed by atoms with Gasteiger partial charge in [-0.3, -0.25) is 9.59 Å². The summed E-state index contributed by atoms with van der Waals surface area (Å²) in [7, 11) is 0. The second-order valence-electron chi connectivity index (χ2n) is 5.55. The van der Waals surface area contributed by atoms with Crippen LogP contribution in [-0.4, -0.2) is 43.3 Å². The zero-order valence-corrected chi connectivity index (χ0v) is 14.3. The molecule has 1 radical (unpaired) electrons. The van der Waals surface area contributed by atoms with Crippen LogP contribution in [0.25, 0.3) is 0 Å². The molecule has 1 fully saturated rings. The van der Waals surface area contributed by atoms with Gasteiger partial charge in [-0.05, 0) is 42.5 Å². The molecule has 0 saturated carbocycles. The lowest BCUT2D eigenvalue weighted by Crippen LogP contribution is -2.49. The second-order valence-corrected chi connectivity index (χ2v) is 6.42. The van der Waals surface area contributed by atoms with Crippen molar-refractivity contribution in [3.05, 3.63) is 63.6 Å². The van der Waals surface area contributed by atoms with Gasteiger partial charge in [-0.1, -0.05) is 23.2 Å². The van der Waals surface area contributed by atoms with Gasteiger partial charge < -0.3 is 9.80 Å². The first-order chi connectivity index (χ1) is 11.6. The summed E-state index contributed by atoms with van der Waals surface area (Å²) < 4.78 is 0. The quantitative estimate of drug-likeness (QED) is 0.840. The van der Waals surface area contributed by atoms with Crippen molar-refractivity contribution in [3.8, 4) is 0 Å². The fourth-order valence-corrected chi connectivity index (χ4v) is 3.07. The van der Waals surface area contributed by atoms with Crippen LogP contribution in [0.3, 0.4) is 0 Å². The van der Waals surface area contributed by atoms with Crippen LogP contribution < -0.4 is 4.90 Å². The van der Waals surface area contributed by atoms with E-state index in [9.17, 15) is 9.59 Å². The van der Waals surface area contributed by atoms with Gasteiger partial charge in [0.2, 0.25) is 6.29 Å². The first-order valence-corrected chi connectivity index (χ1v) is 8.31. The van der Waals surface area contributed by atoms with E-state index in [1.165, 1.54) is 0 Å². The van der Waals surface area contributed by atoms with Gasteiger partial charge in [-0.25, -0.2) is 0 Å². The molecule has 24 heavy (non-hydrogen) atoms. The van der Waals surface area contributed by atoms with Crippen LogP contribution in [0.4, 0.5) is 5.69 Å². The number of halogens is 2. The van der Waals surface area contributed by atoms with Crippen LogP contribution in [-0.2, 0) is 4.79 Å². The standard InChI is InChI=1S/C18H15Cl2N2O2/c19-15-4-1-13(2-5-15)18(24)22-9-7-21(8-10-22)17-11-16(20)6-3-14(17)12-23/h1-6,11H,7-10H2. The fraction of sp³-hybridized carbons (Fsp3) is 0.222. The number of carbonyl (C=O) groups is 1. The van der Waals surface area contributed by atoms with Gasteiger partial charge >= 0.3 is 0 Å². The minimum atomic E-state index is -0.0143. The first-order valence-electron chi connectivity index (χ1n) is 7.56. The summed E-state index contributed by atoms with van der Waals surface area (Å²) in [5.41, 5.74) is 1.87. The highest BCUT2D eigenvalue weighted by molar-refractivity contribution is 6.31. The third-order valence-electron chi connectivity index (χ3n) is 4.07. The average molecular weight is 362 g/mol. The Morgan fingerprint density at radius 3 is 2.17 bits per heavy atom. The molecule has 1 amide bonds. The van der Waals surface area contributed by atoms with Crippen LogP contribution in [0.5, 0.6) is 0 Å². The zero-order chi connectivity index (χ0) is 17.1. The number of piperazine rings is 1.